The zero-order valence-corrected chi connectivity index (χ0v) is 13.6. The molecule has 1 N–H and O–H groups in total. The molecule has 3 nitrogen and oxygen atoms in total. The molecular weight excluding hydrogens is 270 g/mol. The Labute approximate surface area is 122 Å². The fraction of sp³-hybridized carbons (Fsp3) is 0.625. The minimum Gasteiger partial charge on any atom is -0.308 e. The van der Waals surface area contributed by atoms with E-state index in [4.69, 9.17) is 0 Å². The molecule has 0 spiro atoms. The van der Waals surface area contributed by atoms with E-state index in [9.17, 15) is 8.42 Å². The molecule has 0 heterocycles. The Bertz CT molecular complexity index is 578. The highest BCUT2D eigenvalue weighted by atomic mass is 32.2. The summed E-state index contributed by atoms with van der Waals surface area (Å²) in [5, 5.41) is 3.47. The molecule has 112 valence electrons. The molecule has 4 heteroatoms. The number of sulfone groups is 1. The first-order chi connectivity index (χ1) is 9.22. The Morgan fingerprint density at radius 3 is 2.40 bits per heavy atom. The predicted molar refractivity (Wildman–Crippen MR) is 83.8 cm³/mol. The molecule has 0 amide bonds. The van der Waals surface area contributed by atoms with Crippen molar-refractivity contribution in [2.45, 2.75) is 50.3 Å². The van der Waals surface area contributed by atoms with Crippen molar-refractivity contribution < 1.29 is 8.42 Å². The Hall–Kier alpha value is -0.870. The third-order valence-corrected chi connectivity index (χ3v) is 6.72. The lowest BCUT2D eigenvalue weighted by atomic mass is 9.81. The van der Waals surface area contributed by atoms with Crippen molar-refractivity contribution in [3.63, 3.8) is 0 Å². The number of hydrogen-bond acceptors (Lipinski definition) is 3. The first-order valence-corrected chi connectivity index (χ1v) is 9.13. The fourth-order valence-corrected chi connectivity index (χ4v) is 3.06. The van der Waals surface area contributed by atoms with Gasteiger partial charge in [0, 0.05) is 18.8 Å². The summed E-state index contributed by atoms with van der Waals surface area (Å²) >= 11 is 0. The summed E-state index contributed by atoms with van der Waals surface area (Å²) in [7, 11) is -3.05. The van der Waals surface area contributed by atoms with Gasteiger partial charge in [0.05, 0.1) is 4.75 Å². The summed E-state index contributed by atoms with van der Waals surface area (Å²) in [6.07, 6.45) is 3.53. The van der Waals surface area contributed by atoms with E-state index in [0.717, 1.165) is 12.8 Å². The van der Waals surface area contributed by atoms with Crippen LogP contribution in [0.1, 0.15) is 56.7 Å². The van der Waals surface area contributed by atoms with E-state index in [2.05, 4.69) is 36.5 Å². The van der Waals surface area contributed by atoms with Gasteiger partial charge in [0.25, 0.3) is 0 Å². The molecule has 0 saturated carbocycles. The largest absolute Gasteiger partial charge is 0.308 e. The van der Waals surface area contributed by atoms with E-state index in [0.29, 0.717) is 12.5 Å². The average Bonchev–Trinajstić information content (AvgIpc) is 2.37. The number of nitrogens with one attached hydrogen (secondary N) is 1. The summed E-state index contributed by atoms with van der Waals surface area (Å²) in [4.78, 5) is 0. The quantitative estimate of drug-likeness (QED) is 0.928. The van der Waals surface area contributed by atoms with E-state index in [1.807, 2.05) is 0 Å². The predicted octanol–water partition coefficient (Wildman–Crippen LogP) is 3.04. The van der Waals surface area contributed by atoms with Gasteiger partial charge in [-0.25, -0.2) is 8.42 Å². The molecule has 0 aliphatic heterocycles. The third kappa shape index (κ3) is 3.07. The third-order valence-electron chi connectivity index (χ3n) is 4.57. The fourth-order valence-electron chi connectivity index (χ4n) is 2.72. The minimum atomic E-state index is -3.05. The van der Waals surface area contributed by atoms with E-state index in [1.165, 1.54) is 17.4 Å². The maximum Gasteiger partial charge on any atom is 0.153 e. The molecule has 2 rings (SSSR count). The van der Waals surface area contributed by atoms with Crippen LogP contribution in [0.2, 0.25) is 0 Å². The van der Waals surface area contributed by atoms with Crippen LogP contribution in [0, 0.1) is 0 Å². The lowest BCUT2D eigenvalue weighted by molar-refractivity contribution is 0.410. The average molecular weight is 295 g/mol. The standard InChI is InChI=1S/C16H25NO2S/c1-12-9-10-15(14-8-6-5-7-13(12)14)17-11-16(2,3)20(4,18)19/h5-8,12,15,17H,9-11H2,1-4H3. The molecule has 20 heavy (non-hydrogen) atoms. The van der Waals surface area contributed by atoms with Gasteiger partial charge in [-0.1, -0.05) is 31.2 Å². The van der Waals surface area contributed by atoms with Crippen molar-refractivity contribution in [1.29, 1.82) is 0 Å². The molecule has 2 unspecified atom stereocenters. The number of rotatable bonds is 4. The molecule has 0 fully saturated rings. The minimum absolute atomic E-state index is 0.267. The van der Waals surface area contributed by atoms with Crippen LogP contribution in [0.25, 0.3) is 0 Å². The normalized spacial score (nSPS) is 23.4. The van der Waals surface area contributed by atoms with E-state index >= 15 is 0 Å². The van der Waals surface area contributed by atoms with Crippen LogP contribution in [-0.4, -0.2) is 26.0 Å². The smallest absolute Gasteiger partial charge is 0.153 e. The number of benzene rings is 1. The van der Waals surface area contributed by atoms with Crippen molar-refractivity contribution in [1.82, 2.24) is 5.32 Å². The van der Waals surface area contributed by atoms with Crippen LogP contribution in [0.4, 0.5) is 0 Å². The van der Waals surface area contributed by atoms with Gasteiger partial charge in [-0.2, -0.15) is 0 Å². The summed E-state index contributed by atoms with van der Waals surface area (Å²) in [5.74, 6) is 0.590. The van der Waals surface area contributed by atoms with Gasteiger partial charge in [-0.3, -0.25) is 0 Å². The van der Waals surface area contributed by atoms with Gasteiger partial charge in [0.2, 0.25) is 0 Å². The highest BCUT2D eigenvalue weighted by molar-refractivity contribution is 7.92. The van der Waals surface area contributed by atoms with Crippen LogP contribution in [0.5, 0.6) is 0 Å². The number of fused-ring (bicyclic) bond motifs is 1. The Morgan fingerprint density at radius 2 is 1.80 bits per heavy atom. The zero-order chi connectivity index (χ0) is 15.0. The second-order valence-electron chi connectivity index (χ2n) is 6.57. The maximum absolute atomic E-state index is 11.8. The van der Waals surface area contributed by atoms with Crippen molar-refractivity contribution in [2.24, 2.45) is 0 Å². The van der Waals surface area contributed by atoms with Crippen molar-refractivity contribution in [3.05, 3.63) is 35.4 Å². The van der Waals surface area contributed by atoms with E-state index < -0.39 is 14.6 Å². The molecule has 2 atom stereocenters. The molecule has 1 aromatic carbocycles. The van der Waals surface area contributed by atoms with Gasteiger partial charge in [-0.15, -0.1) is 0 Å². The van der Waals surface area contributed by atoms with Gasteiger partial charge >= 0.3 is 0 Å². The first kappa shape index (κ1) is 15.5. The van der Waals surface area contributed by atoms with Crippen LogP contribution in [0.15, 0.2) is 24.3 Å². The lowest BCUT2D eigenvalue weighted by Gasteiger charge is -2.33. The number of hydrogen-bond donors (Lipinski definition) is 1. The molecular formula is C16H25NO2S. The highest BCUT2D eigenvalue weighted by Crippen LogP contribution is 2.37. The molecule has 0 saturated heterocycles. The highest BCUT2D eigenvalue weighted by Gasteiger charge is 2.32. The van der Waals surface area contributed by atoms with Gasteiger partial charge in [0.15, 0.2) is 9.84 Å². The molecule has 1 aliphatic rings. The summed E-state index contributed by atoms with van der Waals surface area (Å²) in [6, 6.07) is 8.76. The molecule has 0 radical (unpaired) electrons. The van der Waals surface area contributed by atoms with Crippen molar-refractivity contribution >= 4 is 9.84 Å². The maximum atomic E-state index is 11.8. The van der Waals surface area contributed by atoms with Gasteiger partial charge in [-0.05, 0) is 43.7 Å². The summed E-state index contributed by atoms with van der Waals surface area (Å²) in [5.41, 5.74) is 2.73. The first-order valence-electron chi connectivity index (χ1n) is 7.24. The second kappa shape index (κ2) is 5.49. The van der Waals surface area contributed by atoms with Crippen LogP contribution in [0.3, 0.4) is 0 Å². The van der Waals surface area contributed by atoms with Crippen LogP contribution < -0.4 is 5.32 Å². The lowest BCUT2D eigenvalue weighted by Crippen LogP contribution is -2.43. The summed E-state index contributed by atoms with van der Waals surface area (Å²) < 4.78 is 22.8. The Balaban J connectivity index is 2.15. The molecule has 0 aromatic heterocycles. The molecule has 1 aromatic rings. The SMILES string of the molecule is CC1CCC(NCC(C)(C)S(C)(=O)=O)c2ccccc21. The molecule has 0 bridgehead atoms. The summed E-state index contributed by atoms with van der Waals surface area (Å²) in [6.45, 7) is 6.31. The van der Waals surface area contributed by atoms with Gasteiger partial charge in [0.1, 0.15) is 0 Å². The topological polar surface area (TPSA) is 46.2 Å². The van der Waals surface area contributed by atoms with E-state index in [1.54, 1.807) is 13.8 Å². The van der Waals surface area contributed by atoms with Crippen molar-refractivity contribution in [3.8, 4) is 0 Å². The van der Waals surface area contributed by atoms with Gasteiger partial charge < -0.3 is 5.32 Å². The second-order valence-corrected chi connectivity index (χ2v) is 9.22. The zero-order valence-electron chi connectivity index (χ0n) is 12.8. The van der Waals surface area contributed by atoms with Crippen molar-refractivity contribution in [2.75, 3.05) is 12.8 Å². The monoisotopic (exact) mass is 295 g/mol. The molecule has 1 aliphatic carbocycles. The Morgan fingerprint density at radius 1 is 1.20 bits per heavy atom. The van der Waals surface area contributed by atoms with E-state index in [-0.39, 0.29) is 6.04 Å². The van der Waals surface area contributed by atoms with Crippen LogP contribution >= 0.6 is 0 Å². The Kier molecular flexibility index (Phi) is 4.26. The van der Waals surface area contributed by atoms with Crippen LogP contribution in [-0.2, 0) is 9.84 Å².